The quantitative estimate of drug-likeness (QED) is 0.721. The molecule has 1 saturated carbocycles. The van der Waals surface area contributed by atoms with Crippen molar-refractivity contribution in [3.05, 3.63) is 0 Å². The van der Waals surface area contributed by atoms with E-state index in [2.05, 4.69) is 24.1 Å². The molecule has 5 heteroatoms. The van der Waals surface area contributed by atoms with E-state index in [0.29, 0.717) is 12.6 Å². The van der Waals surface area contributed by atoms with Gasteiger partial charge in [-0.25, -0.2) is 0 Å². The molecule has 0 aromatic heterocycles. The molecule has 0 aromatic carbocycles. The molecule has 1 aliphatic heterocycles. The molecule has 1 aliphatic carbocycles. The minimum Gasteiger partial charge on any atom is -0.468 e. The van der Waals surface area contributed by atoms with Crippen LogP contribution in [0.2, 0.25) is 0 Å². The van der Waals surface area contributed by atoms with E-state index < -0.39 is 0 Å². The standard InChI is InChI=1S/C13H24N2O3/c1-9-6-15(7-10(2)18-9)8-12(13(16)17-3)14-11-4-5-11/h9-12,14H,4-8H2,1-3H3. The van der Waals surface area contributed by atoms with E-state index in [1.165, 1.54) is 20.0 Å². The van der Waals surface area contributed by atoms with Crippen molar-refractivity contribution in [1.29, 1.82) is 0 Å². The fourth-order valence-corrected chi connectivity index (χ4v) is 2.56. The SMILES string of the molecule is COC(=O)C(CN1CC(C)OC(C)C1)NC1CC1. The van der Waals surface area contributed by atoms with E-state index in [4.69, 9.17) is 9.47 Å². The highest BCUT2D eigenvalue weighted by Gasteiger charge is 2.32. The molecule has 0 radical (unpaired) electrons. The molecule has 1 heterocycles. The van der Waals surface area contributed by atoms with Crippen LogP contribution in [-0.2, 0) is 14.3 Å². The van der Waals surface area contributed by atoms with Gasteiger partial charge in [0.15, 0.2) is 0 Å². The molecule has 0 bridgehead atoms. The Morgan fingerprint density at radius 3 is 2.50 bits per heavy atom. The number of esters is 1. The summed E-state index contributed by atoms with van der Waals surface area (Å²) >= 11 is 0. The normalized spacial score (nSPS) is 31.1. The van der Waals surface area contributed by atoms with E-state index in [1.807, 2.05) is 0 Å². The Morgan fingerprint density at radius 2 is 2.00 bits per heavy atom. The molecule has 2 rings (SSSR count). The first-order chi connectivity index (χ1) is 8.58. The van der Waals surface area contributed by atoms with Crippen LogP contribution in [0.4, 0.5) is 0 Å². The lowest BCUT2D eigenvalue weighted by atomic mass is 10.2. The van der Waals surface area contributed by atoms with Gasteiger partial charge in [-0.15, -0.1) is 0 Å². The molecule has 18 heavy (non-hydrogen) atoms. The number of morpholine rings is 1. The van der Waals surface area contributed by atoms with Gasteiger partial charge in [-0.1, -0.05) is 0 Å². The van der Waals surface area contributed by atoms with E-state index in [-0.39, 0.29) is 24.2 Å². The third-order valence-corrected chi connectivity index (χ3v) is 3.44. The zero-order chi connectivity index (χ0) is 13.1. The third-order valence-electron chi connectivity index (χ3n) is 3.44. The summed E-state index contributed by atoms with van der Waals surface area (Å²) in [5, 5.41) is 3.36. The van der Waals surface area contributed by atoms with Gasteiger partial charge in [-0.3, -0.25) is 9.69 Å². The van der Waals surface area contributed by atoms with Crippen molar-refractivity contribution in [3.8, 4) is 0 Å². The summed E-state index contributed by atoms with van der Waals surface area (Å²) in [6.07, 6.45) is 2.80. The number of rotatable bonds is 5. The lowest BCUT2D eigenvalue weighted by Crippen LogP contribution is -2.53. The van der Waals surface area contributed by atoms with Gasteiger partial charge in [-0.2, -0.15) is 0 Å². The van der Waals surface area contributed by atoms with Gasteiger partial charge < -0.3 is 14.8 Å². The summed E-state index contributed by atoms with van der Waals surface area (Å²) in [5.41, 5.74) is 0. The van der Waals surface area contributed by atoms with Gasteiger partial charge in [-0.05, 0) is 26.7 Å². The van der Waals surface area contributed by atoms with E-state index in [0.717, 1.165) is 13.1 Å². The van der Waals surface area contributed by atoms with Gasteiger partial charge in [0, 0.05) is 25.7 Å². The Hall–Kier alpha value is -0.650. The van der Waals surface area contributed by atoms with Crippen molar-refractivity contribution < 1.29 is 14.3 Å². The van der Waals surface area contributed by atoms with Crippen molar-refractivity contribution in [2.24, 2.45) is 0 Å². The number of carbonyl (C=O) groups is 1. The second kappa shape index (κ2) is 5.99. The first-order valence-corrected chi connectivity index (χ1v) is 6.80. The summed E-state index contributed by atoms with van der Waals surface area (Å²) in [7, 11) is 1.45. The van der Waals surface area contributed by atoms with Crippen molar-refractivity contribution in [2.45, 2.75) is 51.0 Å². The highest BCUT2D eigenvalue weighted by molar-refractivity contribution is 5.76. The van der Waals surface area contributed by atoms with Crippen molar-refractivity contribution in [1.82, 2.24) is 10.2 Å². The van der Waals surface area contributed by atoms with Crippen molar-refractivity contribution >= 4 is 5.97 Å². The predicted octanol–water partition coefficient (Wildman–Crippen LogP) is 0.389. The highest BCUT2D eigenvalue weighted by atomic mass is 16.5. The smallest absolute Gasteiger partial charge is 0.324 e. The maximum Gasteiger partial charge on any atom is 0.324 e. The van der Waals surface area contributed by atoms with Crippen molar-refractivity contribution in [2.75, 3.05) is 26.7 Å². The average Bonchev–Trinajstić information content (AvgIpc) is 3.09. The Kier molecular flexibility index (Phi) is 4.59. The number of hydrogen-bond donors (Lipinski definition) is 1. The molecular weight excluding hydrogens is 232 g/mol. The lowest BCUT2D eigenvalue weighted by Gasteiger charge is -2.36. The average molecular weight is 256 g/mol. The number of hydrogen-bond acceptors (Lipinski definition) is 5. The molecule has 1 N–H and O–H groups in total. The van der Waals surface area contributed by atoms with Crippen LogP contribution in [-0.4, -0.2) is 61.9 Å². The Morgan fingerprint density at radius 1 is 1.39 bits per heavy atom. The zero-order valence-corrected chi connectivity index (χ0v) is 11.5. The van der Waals surface area contributed by atoms with Gasteiger partial charge in [0.05, 0.1) is 19.3 Å². The highest BCUT2D eigenvalue weighted by Crippen LogP contribution is 2.20. The van der Waals surface area contributed by atoms with E-state index >= 15 is 0 Å². The second-order valence-corrected chi connectivity index (χ2v) is 5.49. The Bertz CT molecular complexity index is 284. The lowest BCUT2D eigenvalue weighted by molar-refractivity contribution is -0.144. The number of nitrogens with one attached hydrogen (secondary N) is 1. The number of carbonyl (C=O) groups excluding carboxylic acids is 1. The molecule has 5 nitrogen and oxygen atoms in total. The molecule has 1 saturated heterocycles. The van der Waals surface area contributed by atoms with Crippen LogP contribution >= 0.6 is 0 Å². The molecule has 3 atom stereocenters. The first kappa shape index (κ1) is 13.8. The van der Waals surface area contributed by atoms with Crippen LogP contribution in [0.3, 0.4) is 0 Å². The first-order valence-electron chi connectivity index (χ1n) is 6.80. The maximum atomic E-state index is 11.8. The monoisotopic (exact) mass is 256 g/mol. The third kappa shape index (κ3) is 3.93. The van der Waals surface area contributed by atoms with Crippen LogP contribution in [0.1, 0.15) is 26.7 Å². The minimum absolute atomic E-state index is 0.159. The summed E-state index contributed by atoms with van der Waals surface area (Å²) in [6, 6.07) is 0.296. The van der Waals surface area contributed by atoms with Crippen LogP contribution in [0, 0.1) is 0 Å². The van der Waals surface area contributed by atoms with E-state index in [9.17, 15) is 4.79 Å². The molecule has 3 unspecified atom stereocenters. The van der Waals surface area contributed by atoms with Crippen LogP contribution in [0.25, 0.3) is 0 Å². The maximum absolute atomic E-state index is 11.8. The fraction of sp³-hybridized carbons (Fsp3) is 0.923. The number of ether oxygens (including phenoxy) is 2. The van der Waals surface area contributed by atoms with Gasteiger partial charge in [0.25, 0.3) is 0 Å². The molecule has 104 valence electrons. The zero-order valence-electron chi connectivity index (χ0n) is 11.5. The Labute approximate surface area is 109 Å². The molecule has 0 amide bonds. The van der Waals surface area contributed by atoms with Gasteiger partial charge in [0.1, 0.15) is 6.04 Å². The van der Waals surface area contributed by atoms with Gasteiger partial charge in [0.2, 0.25) is 0 Å². The van der Waals surface area contributed by atoms with E-state index in [1.54, 1.807) is 0 Å². The number of methoxy groups -OCH3 is 1. The minimum atomic E-state index is -0.208. The van der Waals surface area contributed by atoms with Crippen LogP contribution in [0.15, 0.2) is 0 Å². The number of nitrogens with zero attached hydrogens (tertiary/aromatic N) is 1. The molecular formula is C13H24N2O3. The van der Waals surface area contributed by atoms with Crippen molar-refractivity contribution in [3.63, 3.8) is 0 Å². The summed E-state index contributed by atoms with van der Waals surface area (Å²) in [4.78, 5) is 14.1. The molecule has 0 aromatic rings. The summed E-state index contributed by atoms with van der Waals surface area (Å²) in [6.45, 7) is 6.61. The molecule has 2 fully saturated rings. The topological polar surface area (TPSA) is 50.8 Å². The fourth-order valence-electron chi connectivity index (χ4n) is 2.56. The summed E-state index contributed by atoms with van der Waals surface area (Å²) in [5.74, 6) is -0.159. The molecule has 0 spiro atoms. The second-order valence-electron chi connectivity index (χ2n) is 5.49. The largest absolute Gasteiger partial charge is 0.468 e. The predicted molar refractivity (Wildman–Crippen MR) is 68.4 cm³/mol. The Balaban J connectivity index is 1.88. The summed E-state index contributed by atoms with van der Waals surface area (Å²) < 4.78 is 10.6. The van der Waals surface area contributed by atoms with Gasteiger partial charge >= 0.3 is 5.97 Å². The molecule has 2 aliphatic rings. The van der Waals surface area contributed by atoms with Crippen LogP contribution < -0.4 is 5.32 Å². The van der Waals surface area contributed by atoms with Crippen LogP contribution in [0.5, 0.6) is 0 Å².